The molecule has 7 nitrogen and oxygen atoms in total. The van der Waals surface area contributed by atoms with E-state index >= 15 is 0 Å². The lowest BCUT2D eigenvalue weighted by molar-refractivity contribution is 0.0947. The number of amides is 1. The van der Waals surface area contributed by atoms with Gasteiger partial charge in [-0.05, 0) is 12.1 Å². The molecule has 7 heteroatoms. The van der Waals surface area contributed by atoms with Gasteiger partial charge in [0.1, 0.15) is 11.5 Å². The van der Waals surface area contributed by atoms with Crippen LogP contribution in [0.15, 0.2) is 29.1 Å². The van der Waals surface area contributed by atoms with Crippen molar-refractivity contribution in [2.24, 2.45) is 0 Å². The van der Waals surface area contributed by atoms with Crippen LogP contribution in [0.1, 0.15) is 16.2 Å². The minimum atomic E-state index is -0.493. The molecular formula is C10H9N3O4. The van der Waals surface area contributed by atoms with Crippen LogP contribution in [0.4, 0.5) is 0 Å². The molecule has 88 valence electrons. The zero-order chi connectivity index (χ0) is 12.3. The molecule has 2 rings (SSSR count). The third-order valence-electron chi connectivity index (χ3n) is 2.04. The van der Waals surface area contributed by atoms with Crippen LogP contribution in [0.3, 0.4) is 0 Å². The van der Waals surface area contributed by atoms with E-state index in [0.29, 0.717) is 5.82 Å². The van der Waals surface area contributed by atoms with Crippen molar-refractivity contribution >= 4 is 5.91 Å². The fourth-order valence-electron chi connectivity index (χ4n) is 1.24. The molecule has 2 aromatic rings. The normalized spacial score (nSPS) is 10.1. The number of aromatic hydroxyl groups is 2. The van der Waals surface area contributed by atoms with Crippen LogP contribution in [-0.4, -0.2) is 26.3 Å². The highest BCUT2D eigenvalue weighted by Crippen LogP contribution is 2.22. The van der Waals surface area contributed by atoms with E-state index in [1.165, 1.54) is 12.1 Å². The van der Waals surface area contributed by atoms with Gasteiger partial charge in [0, 0.05) is 6.07 Å². The van der Waals surface area contributed by atoms with Gasteiger partial charge >= 0.3 is 0 Å². The summed E-state index contributed by atoms with van der Waals surface area (Å²) in [6.45, 7) is 0.0929. The third kappa shape index (κ3) is 2.51. The van der Waals surface area contributed by atoms with Gasteiger partial charge in [0.15, 0.2) is 5.82 Å². The molecule has 0 fully saturated rings. The Morgan fingerprint density at radius 2 is 2.24 bits per heavy atom. The number of rotatable bonds is 3. The Bertz CT molecular complexity index is 524. The molecule has 0 unspecified atom stereocenters. The van der Waals surface area contributed by atoms with Crippen LogP contribution in [0.5, 0.6) is 11.5 Å². The first-order valence-corrected chi connectivity index (χ1v) is 4.72. The lowest BCUT2D eigenvalue weighted by Gasteiger charge is -2.05. The molecule has 0 aliphatic carbocycles. The number of hydrogen-bond donors (Lipinski definition) is 3. The van der Waals surface area contributed by atoms with Crippen molar-refractivity contribution in [3.8, 4) is 11.5 Å². The summed E-state index contributed by atoms with van der Waals surface area (Å²) in [5, 5.41) is 24.5. The number of aromatic nitrogens is 2. The van der Waals surface area contributed by atoms with Gasteiger partial charge in [-0.3, -0.25) is 4.79 Å². The van der Waals surface area contributed by atoms with Crippen LogP contribution in [0.2, 0.25) is 0 Å². The Morgan fingerprint density at radius 1 is 1.41 bits per heavy atom. The second kappa shape index (κ2) is 4.52. The monoisotopic (exact) mass is 235 g/mol. The van der Waals surface area contributed by atoms with Gasteiger partial charge in [-0.15, -0.1) is 0 Å². The van der Waals surface area contributed by atoms with Crippen molar-refractivity contribution in [3.05, 3.63) is 36.0 Å². The van der Waals surface area contributed by atoms with Crippen LogP contribution in [0.25, 0.3) is 0 Å². The van der Waals surface area contributed by atoms with Gasteiger partial charge in [0.05, 0.1) is 12.1 Å². The Balaban J connectivity index is 2.04. The lowest BCUT2D eigenvalue weighted by atomic mass is 10.2. The number of hydrogen-bond acceptors (Lipinski definition) is 6. The number of phenolic OH excluding ortho intramolecular Hbond substituents is 2. The second-order valence-corrected chi connectivity index (χ2v) is 3.23. The highest BCUT2D eigenvalue weighted by Gasteiger charge is 2.11. The van der Waals surface area contributed by atoms with E-state index in [4.69, 9.17) is 5.11 Å². The predicted molar refractivity (Wildman–Crippen MR) is 55.2 cm³/mol. The van der Waals surface area contributed by atoms with Crippen molar-refractivity contribution in [1.29, 1.82) is 0 Å². The number of nitrogens with zero attached hydrogens (tertiary/aromatic N) is 2. The SMILES string of the molecule is O=C(NCc1ncon1)c1ccc(O)cc1O. The first kappa shape index (κ1) is 10.9. The molecule has 1 aromatic carbocycles. The van der Waals surface area contributed by atoms with E-state index in [1.807, 2.05) is 0 Å². The first-order chi connectivity index (χ1) is 8.16. The maximum atomic E-state index is 11.6. The van der Waals surface area contributed by atoms with E-state index in [9.17, 15) is 9.90 Å². The van der Waals surface area contributed by atoms with Gasteiger partial charge < -0.3 is 20.1 Å². The van der Waals surface area contributed by atoms with Crippen LogP contribution in [0, 0.1) is 0 Å². The minimum absolute atomic E-state index is 0.0614. The zero-order valence-corrected chi connectivity index (χ0v) is 8.62. The average Bonchev–Trinajstić information content (AvgIpc) is 2.78. The quantitative estimate of drug-likeness (QED) is 0.711. The lowest BCUT2D eigenvalue weighted by Crippen LogP contribution is -2.23. The molecule has 0 saturated carbocycles. The second-order valence-electron chi connectivity index (χ2n) is 3.23. The molecule has 17 heavy (non-hydrogen) atoms. The predicted octanol–water partition coefficient (Wildman–Crippen LogP) is 0.411. The Morgan fingerprint density at radius 3 is 2.88 bits per heavy atom. The number of phenols is 2. The molecule has 0 bridgehead atoms. The van der Waals surface area contributed by atoms with E-state index in [-0.39, 0.29) is 23.6 Å². The molecule has 0 spiro atoms. The van der Waals surface area contributed by atoms with E-state index in [2.05, 4.69) is 20.0 Å². The summed E-state index contributed by atoms with van der Waals surface area (Å²) in [5.41, 5.74) is 0.0614. The molecular weight excluding hydrogens is 226 g/mol. The van der Waals surface area contributed by atoms with Gasteiger partial charge in [0.2, 0.25) is 6.39 Å². The maximum absolute atomic E-state index is 11.6. The first-order valence-electron chi connectivity index (χ1n) is 4.72. The number of benzene rings is 1. The average molecular weight is 235 g/mol. The summed E-state index contributed by atoms with van der Waals surface area (Å²) in [5.74, 6) is -0.572. The molecule has 0 aliphatic heterocycles. The fourth-order valence-corrected chi connectivity index (χ4v) is 1.24. The van der Waals surface area contributed by atoms with Gasteiger partial charge in [-0.1, -0.05) is 5.16 Å². The molecule has 1 heterocycles. The highest BCUT2D eigenvalue weighted by atomic mass is 16.5. The molecule has 0 radical (unpaired) electrons. The van der Waals surface area contributed by atoms with Crippen molar-refractivity contribution in [3.63, 3.8) is 0 Å². The van der Waals surface area contributed by atoms with Crippen molar-refractivity contribution in [1.82, 2.24) is 15.5 Å². The van der Waals surface area contributed by atoms with Crippen LogP contribution >= 0.6 is 0 Å². The van der Waals surface area contributed by atoms with Gasteiger partial charge in [-0.25, -0.2) is 0 Å². The maximum Gasteiger partial charge on any atom is 0.255 e. The van der Waals surface area contributed by atoms with Crippen LogP contribution < -0.4 is 5.32 Å². The summed E-state index contributed by atoms with van der Waals surface area (Å²) in [4.78, 5) is 15.4. The smallest absolute Gasteiger partial charge is 0.255 e. The molecule has 0 atom stereocenters. The molecule has 3 N–H and O–H groups in total. The van der Waals surface area contributed by atoms with Crippen molar-refractivity contribution in [2.75, 3.05) is 0 Å². The van der Waals surface area contributed by atoms with Gasteiger partial charge in [-0.2, -0.15) is 4.98 Å². The summed E-state index contributed by atoms with van der Waals surface area (Å²) < 4.78 is 4.50. The van der Waals surface area contributed by atoms with E-state index in [1.54, 1.807) is 0 Å². The Kier molecular flexibility index (Phi) is 2.91. The number of carbonyl (C=O) groups excluding carboxylic acids is 1. The third-order valence-corrected chi connectivity index (χ3v) is 2.04. The largest absolute Gasteiger partial charge is 0.508 e. The number of nitrogens with one attached hydrogen (secondary N) is 1. The molecule has 0 aliphatic rings. The standard InChI is InChI=1S/C10H9N3O4/c14-6-1-2-7(8(15)3-6)10(16)11-4-9-12-5-17-13-9/h1-3,5,14-15H,4H2,(H,11,16). The molecule has 0 saturated heterocycles. The summed E-state index contributed by atoms with van der Waals surface area (Å²) in [7, 11) is 0. The van der Waals surface area contributed by atoms with E-state index < -0.39 is 5.91 Å². The zero-order valence-electron chi connectivity index (χ0n) is 8.62. The van der Waals surface area contributed by atoms with Crippen LogP contribution in [-0.2, 0) is 6.54 Å². The fraction of sp³-hybridized carbons (Fsp3) is 0.100. The summed E-state index contributed by atoms with van der Waals surface area (Å²) >= 11 is 0. The Labute approximate surface area is 95.7 Å². The van der Waals surface area contributed by atoms with Gasteiger partial charge in [0.25, 0.3) is 5.91 Å². The van der Waals surface area contributed by atoms with Crippen molar-refractivity contribution in [2.45, 2.75) is 6.54 Å². The highest BCUT2D eigenvalue weighted by molar-refractivity contribution is 5.96. The topological polar surface area (TPSA) is 108 Å². The summed E-state index contributed by atoms with van der Waals surface area (Å²) in [6.07, 6.45) is 1.15. The minimum Gasteiger partial charge on any atom is -0.508 e. The molecule has 1 amide bonds. The van der Waals surface area contributed by atoms with E-state index in [0.717, 1.165) is 12.5 Å². The number of carbonyl (C=O) groups is 1. The Hall–Kier alpha value is -2.57. The molecule has 1 aromatic heterocycles. The van der Waals surface area contributed by atoms with Crippen molar-refractivity contribution < 1.29 is 19.5 Å². The summed E-state index contributed by atoms with van der Waals surface area (Å²) in [6, 6.07) is 3.71.